The van der Waals surface area contributed by atoms with Gasteiger partial charge in [-0.3, -0.25) is 19.5 Å². The molecule has 0 bridgehead atoms. The number of ether oxygens (including phenoxy) is 1. The molecule has 3 aliphatic rings. The first-order valence-electron chi connectivity index (χ1n) is 15.6. The summed E-state index contributed by atoms with van der Waals surface area (Å²) in [5.74, 6) is 1.18. The van der Waals surface area contributed by atoms with E-state index in [0.717, 1.165) is 54.0 Å². The molecule has 2 amide bonds. The van der Waals surface area contributed by atoms with Gasteiger partial charge < -0.3 is 14.5 Å². The number of aromatic nitrogens is 1. The zero-order valence-corrected chi connectivity index (χ0v) is 27.8. The molecule has 0 N–H and O–H groups in total. The third-order valence-electron chi connectivity index (χ3n) is 9.02. The number of para-hydroxylation sites is 1. The number of hydrogen-bond acceptors (Lipinski definition) is 6. The molecule has 3 heterocycles. The van der Waals surface area contributed by atoms with Crippen molar-refractivity contribution in [1.29, 1.82) is 0 Å². The van der Waals surface area contributed by atoms with E-state index < -0.39 is 0 Å². The maximum atomic E-state index is 13.5. The number of pyridine rings is 1. The van der Waals surface area contributed by atoms with Crippen molar-refractivity contribution in [3.8, 4) is 5.75 Å². The summed E-state index contributed by atoms with van der Waals surface area (Å²) in [5, 5.41) is 6.32. The maximum Gasteiger partial charge on any atom is 0.315 e. The van der Waals surface area contributed by atoms with E-state index in [1.165, 1.54) is 21.7 Å². The van der Waals surface area contributed by atoms with E-state index in [-0.39, 0.29) is 11.9 Å². The number of piperazine rings is 1. The number of hydrogen-bond donors (Lipinski definition) is 0. The number of carbonyl (C=O) groups excluding carboxylic acids is 2. The molecule has 2 aliphatic heterocycles. The van der Waals surface area contributed by atoms with Crippen molar-refractivity contribution in [1.82, 2.24) is 24.7 Å². The lowest BCUT2D eigenvalue weighted by molar-refractivity contribution is -0.134. The monoisotopic (exact) mass is 692 g/mol. The number of piperidine rings is 1. The number of amides is 2. The molecule has 45 heavy (non-hydrogen) atoms. The van der Waals surface area contributed by atoms with Crippen LogP contribution in [-0.4, -0.2) is 89.3 Å². The highest BCUT2D eigenvalue weighted by Gasteiger charge is 2.34. The van der Waals surface area contributed by atoms with Crippen molar-refractivity contribution < 1.29 is 14.3 Å². The van der Waals surface area contributed by atoms with Crippen LogP contribution in [0.2, 0.25) is 5.02 Å². The summed E-state index contributed by atoms with van der Waals surface area (Å²) in [6.45, 7) is 4.38. The fraction of sp³-hybridized carbons (Fsp3) is 0.412. The number of likely N-dealkylation sites (tertiary alicyclic amines) is 1. The standard InChI is InChI=1S/C34H38BrClN6O3/c1-39(23-43)38-34(45-29-5-3-2-4-6-29)42-13-11-24(12-14-42)19-31(44)40-15-17-41(18-16-40)33-30-10-9-28(36)21-25(30)7-8-26-20-27(35)22-37-32(26)33/h2-6,9-10,20-24,33H,7-8,11-19H2,1H3. The van der Waals surface area contributed by atoms with Gasteiger partial charge in [-0.15, -0.1) is 5.10 Å². The molecule has 1 atom stereocenters. The van der Waals surface area contributed by atoms with Crippen LogP contribution in [0.5, 0.6) is 5.75 Å². The van der Waals surface area contributed by atoms with Crippen LogP contribution in [0.4, 0.5) is 0 Å². The van der Waals surface area contributed by atoms with E-state index >= 15 is 0 Å². The third-order valence-corrected chi connectivity index (χ3v) is 9.69. The Morgan fingerprint density at radius 1 is 1.02 bits per heavy atom. The Kier molecular flexibility index (Phi) is 10.0. The maximum absolute atomic E-state index is 13.5. The molecule has 3 aromatic rings. The molecular weight excluding hydrogens is 656 g/mol. The molecule has 236 valence electrons. The summed E-state index contributed by atoms with van der Waals surface area (Å²) < 4.78 is 7.04. The minimum Gasteiger partial charge on any atom is -0.425 e. The highest BCUT2D eigenvalue weighted by Crippen LogP contribution is 2.38. The van der Waals surface area contributed by atoms with Gasteiger partial charge in [-0.05, 0) is 94.6 Å². The molecule has 0 saturated carbocycles. The van der Waals surface area contributed by atoms with Crippen LogP contribution in [0.1, 0.15) is 47.7 Å². The number of benzene rings is 2. The van der Waals surface area contributed by atoms with E-state index in [4.69, 9.17) is 21.3 Å². The quantitative estimate of drug-likeness (QED) is 0.150. The second-order valence-electron chi connectivity index (χ2n) is 12.0. The fourth-order valence-corrected chi connectivity index (χ4v) is 7.19. The lowest BCUT2D eigenvalue weighted by Crippen LogP contribution is -2.50. The van der Waals surface area contributed by atoms with Gasteiger partial charge >= 0.3 is 6.02 Å². The molecule has 0 spiro atoms. The lowest BCUT2D eigenvalue weighted by Gasteiger charge is -2.40. The average molecular weight is 694 g/mol. The predicted molar refractivity (Wildman–Crippen MR) is 178 cm³/mol. The first kappa shape index (κ1) is 31.5. The van der Waals surface area contributed by atoms with Crippen molar-refractivity contribution >= 4 is 45.9 Å². The molecule has 1 aromatic heterocycles. The molecule has 2 saturated heterocycles. The molecule has 1 aliphatic carbocycles. The van der Waals surface area contributed by atoms with Crippen LogP contribution in [0.15, 0.2) is 70.4 Å². The molecular formula is C34H38BrClN6O3. The van der Waals surface area contributed by atoms with Crippen molar-refractivity contribution in [3.05, 3.63) is 92.7 Å². The molecule has 1 unspecified atom stereocenters. The summed E-state index contributed by atoms with van der Waals surface area (Å²) in [7, 11) is 1.59. The Morgan fingerprint density at radius 2 is 1.76 bits per heavy atom. The zero-order valence-electron chi connectivity index (χ0n) is 25.4. The third kappa shape index (κ3) is 7.51. The zero-order chi connectivity index (χ0) is 31.3. The summed E-state index contributed by atoms with van der Waals surface area (Å²) >= 11 is 10.0. The summed E-state index contributed by atoms with van der Waals surface area (Å²) in [4.78, 5) is 36.2. The van der Waals surface area contributed by atoms with Crippen LogP contribution in [0.25, 0.3) is 0 Å². The van der Waals surface area contributed by atoms with Gasteiger partial charge in [-0.2, -0.15) is 0 Å². The van der Waals surface area contributed by atoms with Crippen LogP contribution >= 0.6 is 27.5 Å². The van der Waals surface area contributed by atoms with E-state index in [9.17, 15) is 9.59 Å². The largest absolute Gasteiger partial charge is 0.425 e. The van der Waals surface area contributed by atoms with Gasteiger partial charge in [0, 0.05) is 68.4 Å². The SMILES string of the molecule is CN(C=O)N=C(Oc1ccccc1)N1CCC(CC(=O)N2CCN(C3c4ccc(Cl)cc4CCc4cc(Br)cnc43)CC2)CC1. The van der Waals surface area contributed by atoms with Crippen LogP contribution in [0, 0.1) is 5.92 Å². The molecule has 11 heteroatoms. The number of amidine groups is 1. The Hall–Kier alpha value is -3.47. The minimum atomic E-state index is 0.0386. The smallest absolute Gasteiger partial charge is 0.315 e. The first-order valence-corrected chi connectivity index (χ1v) is 16.7. The topological polar surface area (TPSA) is 81.6 Å². The summed E-state index contributed by atoms with van der Waals surface area (Å²) in [6.07, 6.45) is 6.63. The van der Waals surface area contributed by atoms with E-state index in [1.54, 1.807) is 7.05 Å². The molecule has 6 rings (SSSR count). The van der Waals surface area contributed by atoms with Gasteiger partial charge in [0.1, 0.15) is 5.75 Å². The van der Waals surface area contributed by atoms with Gasteiger partial charge in [0.2, 0.25) is 12.3 Å². The van der Waals surface area contributed by atoms with Gasteiger partial charge in [0.05, 0.1) is 11.7 Å². The number of carbonyl (C=O) groups is 2. The average Bonchev–Trinajstić information content (AvgIpc) is 3.21. The van der Waals surface area contributed by atoms with Gasteiger partial charge in [-0.1, -0.05) is 35.9 Å². The Balaban J connectivity index is 1.06. The molecule has 2 aromatic carbocycles. The molecule has 2 fully saturated rings. The van der Waals surface area contributed by atoms with Crippen molar-refractivity contribution in [3.63, 3.8) is 0 Å². The number of hydrazone groups is 1. The highest BCUT2D eigenvalue weighted by atomic mass is 79.9. The summed E-state index contributed by atoms with van der Waals surface area (Å²) in [5.41, 5.74) is 4.89. The number of fused-ring (bicyclic) bond motifs is 2. The van der Waals surface area contributed by atoms with Crippen molar-refractivity contribution in [2.24, 2.45) is 11.0 Å². The Bertz CT molecular complexity index is 1490. The van der Waals surface area contributed by atoms with E-state index in [2.05, 4.69) is 49.0 Å². The predicted octanol–water partition coefficient (Wildman–Crippen LogP) is 5.37. The van der Waals surface area contributed by atoms with Crippen LogP contribution in [-0.2, 0) is 22.4 Å². The summed E-state index contributed by atoms with van der Waals surface area (Å²) in [6, 6.07) is 18.3. The Labute approximate surface area is 277 Å². The fourth-order valence-electron chi connectivity index (χ4n) is 6.62. The second-order valence-corrected chi connectivity index (χ2v) is 13.3. The van der Waals surface area contributed by atoms with Crippen LogP contribution in [0.3, 0.4) is 0 Å². The van der Waals surface area contributed by atoms with Gasteiger partial charge in [0.15, 0.2) is 0 Å². The van der Waals surface area contributed by atoms with Crippen molar-refractivity contribution in [2.75, 3.05) is 46.3 Å². The normalized spacial score (nSPS) is 19.4. The minimum absolute atomic E-state index is 0.0386. The Morgan fingerprint density at radius 3 is 2.49 bits per heavy atom. The molecule has 9 nitrogen and oxygen atoms in total. The molecule has 0 radical (unpaired) electrons. The first-order chi connectivity index (χ1) is 21.9. The van der Waals surface area contributed by atoms with Gasteiger partial charge in [-0.25, -0.2) is 5.01 Å². The van der Waals surface area contributed by atoms with Crippen LogP contribution < -0.4 is 4.74 Å². The highest BCUT2D eigenvalue weighted by molar-refractivity contribution is 9.10. The van der Waals surface area contributed by atoms with Gasteiger partial charge in [0.25, 0.3) is 0 Å². The number of halogens is 2. The second kappa shape index (κ2) is 14.3. The number of rotatable bonds is 6. The van der Waals surface area contributed by atoms with E-state index in [0.29, 0.717) is 56.7 Å². The lowest BCUT2D eigenvalue weighted by atomic mass is 9.93. The number of nitrogens with zero attached hydrogens (tertiary/aromatic N) is 6. The number of aryl methyl sites for hydroxylation is 2. The van der Waals surface area contributed by atoms with Crippen molar-refractivity contribution in [2.45, 2.75) is 38.1 Å². The van der Waals surface area contributed by atoms with E-state index in [1.807, 2.05) is 47.5 Å².